The van der Waals surface area contributed by atoms with E-state index in [1.807, 2.05) is 0 Å². The Bertz CT molecular complexity index is 924. The Balaban J connectivity index is 1.71. The van der Waals surface area contributed by atoms with Crippen LogP contribution in [0.15, 0.2) is 59.3 Å². The zero-order valence-corrected chi connectivity index (χ0v) is 14.4. The number of carbonyl (C=O) groups excluding carboxylic acids is 2. The molecule has 0 saturated heterocycles. The Morgan fingerprint density at radius 3 is 2.69 bits per heavy atom. The van der Waals surface area contributed by atoms with Gasteiger partial charge in [-0.2, -0.15) is 0 Å². The van der Waals surface area contributed by atoms with E-state index in [9.17, 15) is 9.59 Å². The van der Waals surface area contributed by atoms with Crippen molar-refractivity contribution in [2.45, 2.75) is 0 Å². The van der Waals surface area contributed by atoms with Crippen LogP contribution >= 0.6 is 11.6 Å². The summed E-state index contributed by atoms with van der Waals surface area (Å²) in [4.78, 5) is 27.7. The average Bonchev–Trinajstić information content (AvgIpc) is 3.19. The number of benzene rings is 1. The van der Waals surface area contributed by atoms with E-state index in [-0.39, 0.29) is 11.7 Å². The van der Waals surface area contributed by atoms with Gasteiger partial charge in [-0.25, -0.2) is 9.78 Å². The van der Waals surface area contributed by atoms with Gasteiger partial charge in [-0.05, 0) is 42.5 Å². The van der Waals surface area contributed by atoms with E-state index in [1.165, 1.54) is 19.6 Å². The van der Waals surface area contributed by atoms with Crippen LogP contribution in [0.1, 0.15) is 20.9 Å². The molecule has 7 nitrogen and oxygen atoms in total. The van der Waals surface area contributed by atoms with Crippen molar-refractivity contribution in [3.05, 3.63) is 71.3 Å². The Morgan fingerprint density at radius 2 is 2.04 bits per heavy atom. The summed E-state index contributed by atoms with van der Waals surface area (Å²) in [6.07, 6.45) is 2.91. The first-order valence-electron chi connectivity index (χ1n) is 7.52. The molecule has 0 bridgehead atoms. The van der Waals surface area contributed by atoms with E-state index in [4.69, 9.17) is 20.8 Å². The molecule has 1 aromatic carbocycles. The summed E-state index contributed by atoms with van der Waals surface area (Å²) in [7, 11) is 1.31. The third-order valence-electron chi connectivity index (χ3n) is 3.42. The molecule has 2 aromatic heterocycles. The third-order valence-corrected chi connectivity index (χ3v) is 3.75. The van der Waals surface area contributed by atoms with Gasteiger partial charge in [0.15, 0.2) is 5.76 Å². The van der Waals surface area contributed by atoms with E-state index in [1.54, 1.807) is 42.5 Å². The van der Waals surface area contributed by atoms with Crippen LogP contribution < -0.4 is 10.6 Å². The first kappa shape index (κ1) is 17.5. The van der Waals surface area contributed by atoms with E-state index in [0.29, 0.717) is 27.8 Å². The van der Waals surface area contributed by atoms with E-state index in [2.05, 4.69) is 15.6 Å². The van der Waals surface area contributed by atoms with Crippen molar-refractivity contribution < 1.29 is 18.7 Å². The predicted molar refractivity (Wildman–Crippen MR) is 97.0 cm³/mol. The van der Waals surface area contributed by atoms with Gasteiger partial charge in [-0.1, -0.05) is 11.6 Å². The maximum Gasteiger partial charge on any atom is 0.337 e. The lowest BCUT2D eigenvalue weighted by molar-refractivity contribution is 0.0600. The van der Waals surface area contributed by atoms with Gasteiger partial charge in [-0.3, -0.25) is 4.79 Å². The van der Waals surface area contributed by atoms with Crippen molar-refractivity contribution in [3.63, 3.8) is 0 Å². The standard InChI is InChI=1S/C18H14ClN3O4/c1-25-18(24)11-4-6-13(19)14(9-11)22-16-7-5-12(10-20-16)21-17(23)15-3-2-8-26-15/h2-10H,1H3,(H,20,22)(H,21,23). The van der Waals surface area contributed by atoms with E-state index in [0.717, 1.165) is 0 Å². The van der Waals surface area contributed by atoms with Crippen LogP contribution in [0.5, 0.6) is 0 Å². The van der Waals surface area contributed by atoms with Crippen LogP contribution in [0, 0.1) is 0 Å². The van der Waals surface area contributed by atoms with Crippen LogP contribution in [0.3, 0.4) is 0 Å². The highest BCUT2D eigenvalue weighted by atomic mass is 35.5. The summed E-state index contributed by atoms with van der Waals surface area (Å²) < 4.78 is 9.72. The fourth-order valence-corrected chi connectivity index (χ4v) is 2.31. The van der Waals surface area contributed by atoms with Gasteiger partial charge in [0.1, 0.15) is 5.82 Å². The molecule has 0 aliphatic heterocycles. The molecule has 2 N–H and O–H groups in total. The van der Waals surface area contributed by atoms with Gasteiger partial charge in [0, 0.05) is 0 Å². The summed E-state index contributed by atoms with van der Waals surface area (Å²) in [5.41, 5.74) is 1.38. The Labute approximate surface area is 153 Å². The molecule has 3 rings (SSSR count). The maximum atomic E-state index is 11.9. The molecule has 0 unspecified atom stereocenters. The number of furan rings is 1. The fraction of sp³-hybridized carbons (Fsp3) is 0.0556. The lowest BCUT2D eigenvalue weighted by atomic mass is 10.2. The number of esters is 1. The number of nitrogens with zero attached hydrogens (tertiary/aromatic N) is 1. The monoisotopic (exact) mass is 371 g/mol. The van der Waals surface area contributed by atoms with Gasteiger partial charge in [0.25, 0.3) is 5.91 Å². The predicted octanol–water partition coefficient (Wildman–Crippen LogP) is 4.11. The minimum atomic E-state index is -0.464. The molecule has 1 amide bonds. The van der Waals surface area contributed by atoms with E-state index >= 15 is 0 Å². The number of rotatable bonds is 5. The molecule has 0 aliphatic rings. The molecule has 0 saturated carbocycles. The number of hydrogen-bond acceptors (Lipinski definition) is 6. The highest BCUT2D eigenvalue weighted by Crippen LogP contribution is 2.26. The fourth-order valence-electron chi connectivity index (χ4n) is 2.15. The number of carbonyl (C=O) groups is 2. The number of methoxy groups -OCH3 is 1. The van der Waals surface area contributed by atoms with Gasteiger partial charge in [0.2, 0.25) is 0 Å². The van der Waals surface area contributed by atoms with Gasteiger partial charge < -0.3 is 19.8 Å². The molecule has 0 aliphatic carbocycles. The average molecular weight is 372 g/mol. The van der Waals surface area contributed by atoms with Crippen molar-refractivity contribution >= 4 is 40.7 Å². The molecule has 8 heteroatoms. The largest absolute Gasteiger partial charge is 0.465 e. The minimum Gasteiger partial charge on any atom is -0.465 e. The Morgan fingerprint density at radius 1 is 1.19 bits per heavy atom. The molecular formula is C18H14ClN3O4. The molecule has 132 valence electrons. The number of anilines is 3. The van der Waals surface area contributed by atoms with Gasteiger partial charge in [0.05, 0.1) is 41.5 Å². The second-order valence-corrected chi connectivity index (χ2v) is 5.58. The third kappa shape index (κ3) is 4.01. The minimum absolute atomic E-state index is 0.207. The first-order chi connectivity index (χ1) is 12.6. The second kappa shape index (κ2) is 7.71. The highest BCUT2D eigenvalue weighted by molar-refractivity contribution is 6.33. The van der Waals surface area contributed by atoms with Crippen LogP contribution in [0.4, 0.5) is 17.2 Å². The molecule has 2 heterocycles. The quantitative estimate of drug-likeness (QED) is 0.655. The lowest BCUT2D eigenvalue weighted by Gasteiger charge is -2.10. The van der Waals surface area contributed by atoms with Crippen molar-refractivity contribution in [1.29, 1.82) is 0 Å². The van der Waals surface area contributed by atoms with Crippen LogP contribution in [-0.4, -0.2) is 24.0 Å². The normalized spacial score (nSPS) is 10.2. The number of ether oxygens (including phenoxy) is 1. The number of aromatic nitrogens is 1. The molecule has 3 aromatic rings. The molecule has 0 spiro atoms. The number of amides is 1. The van der Waals surface area contributed by atoms with Crippen LogP contribution in [-0.2, 0) is 4.74 Å². The summed E-state index contributed by atoms with van der Waals surface area (Å²) in [6, 6.07) is 11.3. The van der Waals surface area contributed by atoms with Crippen molar-refractivity contribution in [2.24, 2.45) is 0 Å². The SMILES string of the molecule is COC(=O)c1ccc(Cl)c(Nc2ccc(NC(=O)c3ccco3)cn2)c1. The summed E-state index contributed by atoms with van der Waals surface area (Å²) >= 11 is 6.14. The number of pyridine rings is 1. The number of halogens is 1. The summed E-state index contributed by atoms with van der Waals surface area (Å²) in [5.74, 6) is -0.136. The van der Waals surface area contributed by atoms with Gasteiger partial charge >= 0.3 is 5.97 Å². The van der Waals surface area contributed by atoms with Crippen molar-refractivity contribution in [3.8, 4) is 0 Å². The molecule has 0 fully saturated rings. The first-order valence-corrected chi connectivity index (χ1v) is 7.90. The summed E-state index contributed by atoms with van der Waals surface area (Å²) in [6.45, 7) is 0. The molecule has 26 heavy (non-hydrogen) atoms. The lowest BCUT2D eigenvalue weighted by Crippen LogP contribution is -2.11. The Hall–Kier alpha value is -3.32. The van der Waals surface area contributed by atoms with Crippen molar-refractivity contribution in [2.75, 3.05) is 17.7 Å². The zero-order chi connectivity index (χ0) is 18.5. The zero-order valence-electron chi connectivity index (χ0n) is 13.7. The van der Waals surface area contributed by atoms with E-state index < -0.39 is 5.97 Å². The number of nitrogens with one attached hydrogen (secondary N) is 2. The molecule has 0 atom stereocenters. The van der Waals surface area contributed by atoms with Crippen LogP contribution in [0.25, 0.3) is 0 Å². The molecule has 0 radical (unpaired) electrons. The maximum absolute atomic E-state index is 11.9. The number of hydrogen-bond donors (Lipinski definition) is 2. The van der Waals surface area contributed by atoms with Crippen LogP contribution in [0.2, 0.25) is 5.02 Å². The van der Waals surface area contributed by atoms with Gasteiger partial charge in [-0.15, -0.1) is 0 Å². The highest BCUT2D eigenvalue weighted by Gasteiger charge is 2.11. The smallest absolute Gasteiger partial charge is 0.337 e. The van der Waals surface area contributed by atoms with Crippen molar-refractivity contribution in [1.82, 2.24) is 4.98 Å². The summed E-state index contributed by atoms with van der Waals surface area (Å²) in [5, 5.41) is 6.11. The Kier molecular flexibility index (Phi) is 5.19. The topological polar surface area (TPSA) is 93.5 Å². The second-order valence-electron chi connectivity index (χ2n) is 5.17. The molecular weight excluding hydrogens is 358 g/mol.